The number of hydrogen-bond donors (Lipinski definition) is 1. The summed E-state index contributed by atoms with van der Waals surface area (Å²) >= 11 is 3.46. The normalized spacial score (nSPS) is 16.4. The lowest BCUT2D eigenvalue weighted by molar-refractivity contribution is 0.288. The molecule has 3 aromatic rings. The van der Waals surface area contributed by atoms with E-state index in [1.54, 1.807) is 22.5 Å². The number of piperidine rings is 1. The van der Waals surface area contributed by atoms with Crippen LogP contribution < -0.4 is 5.32 Å². The number of nitrogens with one attached hydrogen (secondary N) is 1. The van der Waals surface area contributed by atoms with E-state index < -0.39 is 10.0 Å². The topological polar surface area (TPSA) is 62.3 Å². The van der Waals surface area contributed by atoms with Crippen LogP contribution in [0.5, 0.6) is 0 Å². The van der Waals surface area contributed by atoms with Crippen LogP contribution in [0.2, 0.25) is 0 Å². The molecule has 1 saturated heterocycles. The van der Waals surface area contributed by atoms with Crippen LogP contribution in [0.4, 0.5) is 11.5 Å². The first-order valence-electron chi connectivity index (χ1n) is 9.35. The van der Waals surface area contributed by atoms with Crippen LogP contribution in [0.25, 0.3) is 10.9 Å². The predicted octanol–water partition coefficient (Wildman–Crippen LogP) is 5.16. The quantitative estimate of drug-likeness (QED) is 0.584. The summed E-state index contributed by atoms with van der Waals surface area (Å²) in [5, 5.41) is 4.08. The first kappa shape index (κ1) is 19.4. The van der Waals surface area contributed by atoms with Gasteiger partial charge in [-0.05, 0) is 67.3 Å². The molecule has 1 aliphatic rings. The van der Waals surface area contributed by atoms with E-state index in [0.29, 0.717) is 29.7 Å². The van der Waals surface area contributed by atoms with E-state index in [4.69, 9.17) is 0 Å². The minimum atomic E-state index is -3.46. The van der Waals surface area contributed by atoms with Crippen molar-refractivity contribution < 1.29 is 8.42 Å². The van der Waals surface area contributed by atoms with Crippen LogP contribution in [0.1, 0.15) is 19.8 Å². The highest BCUT2D eigenvalue weighted by Gasteiger charge is 2.28. The molecule has 0 atom stereocenters. The van der Waals surface area contributed by atoms with Crippen LogP contribution in [-0.2, 0) is 10.0 Å². The molecule has 2 heterocycles. The Bertz CT molecular complexity index is 1110. The second-order valence-corrected chi connectivity index (χ2v) is 10.1. The van der Waals surface area contributed by atoms with Gasteiger partial charge in [0.15, 0.2) is 0 Å². The van der Waals surface area contributed by atoms with Crippen molar-refractivity contribution in [1.29, 1.82) is 0 Å². The van der Waals surface area contributed by atoms with Gasteiger partial charge in [0, 0.05) is 28.6 Å². The Labute approximate surface area is 174 Å². The Morgan fingerprint density at radius 2 is 1.86 bits per heavy atom. The molecule has 5 nitrogen and oxygen atoms in total. The standard InChI is InChI=1S/C21H22BrN3O2S/c1-15-9-11-25(12-10-15)28(26,27)19-6-7-20-16(13-19)5-8-21(24-20)23-18-4-2-3-17(22)14-18/h2-8,13-15H,9-12H2,1H3,(H,23,24). The lowest BCUT2D eigenvalue weighted by atomic mass is 10.0. The highest BCUT2D eigenvalue weighted by atomic mass is 79.9. The maximum Gasteiger partial charge on any atom is 0.243 e. The number of halogens is 1. The third-order valence-corrected chi connectivity index (χ3v) is 7.53. The maximum atomic E-state index is 13.0. The SMILES string of the molecule is CC1CCN(S(=O)(=O)c2ccc3nc(Nc4cccc(Br)c4)ccc3c2)CC1. The summed E-state index contributed by atoms with van der Waals surface area (Å²) in [7, 11) is -3.46. The lowest BCUT2D eigenvalue weighted by Gasteiger charge is -2.29. The molecule has 0 spiro atoms. The van der Waals surface area contributed by atoms with Gasteiger partial charge in [-0.3, -0.25) is 0 Å². The molecule has 1 fully saturated rings. The van der Waals surface area contributed by atoms with Crippen LogP contribution in [0, 0.1) is 5.92 Å². The number of benzene rings is 2. The van der Waals surface area contributed by atoms with Gasteiger partial charge in [0.05, 0.1) is 10.4 Å². The number of nitrogens with zero attached hydrogens (tertiary/aromatic N) is 2. The van der Waals surface area contributed by atoms with Gasteiger partial charge in [-0.25, -0.2) is 13.4 Å². The molecule has 4 rings (SSSR count). The Balaban J connectivity index is 1.59. The minimum Gasteiger partial charge on any atom is -0.340 e. The van der Waals surface area contributed by atoms with E-state index in [1.807, 2.05) is 36.4 Å². The largest absolute Gasteiger partial charge is 0.340 e. The molecule has 1 aliphatic heterocycles. The van der Waals surface area contributed by atoms with Gasteiger partial charge < -0.3 is 5.32 Å². The summed E-state index contributed by atoms with van der Waals surface area (Å²) in [6.45, 7) is 3.36. The molecular formula is C21H22BrN3O2S. The zero-order valence-electron chi connectivity index (χ0n) is 15.6. The zero-order chi connectivity index (χ0) is 19.7. The number of anilines is 2. The third kappa shape index (κ3) is 4.06. The molecule has 1 N–H and O–H groups in total. The van der Waals surface area contributed by atoms with Gasteiger partial charge >= 0.3 is 0 Å². The smallest absolute Gasteiger partial charge is 0.243 e. The van der Waals surface area contributed by atoms with E-state index >= 15 is 0 Å². The average molecular weight is 460 g/mol. The van der Waals surface area contributed by atoms with Gasteiger partial charge in [-0.2, -0.15) is 4.31 Å². The lowest BCUT2D eigenvalue weighted by Crippen LogP contribution is -2.37. The van der Waals surface area contributed by atoms with Crippen molar-refractivity contribution in [2.75, 3.05) is 18.4 Å². The van der Waals surface area contributed by atoms with E-state index in [-0.39, 0.29) is 0 Å². The van der Waals surface area contributed by atoms with Gasteiger partial charge in [0.25, 0.3) is 0 Å². The third-order valence-electron chi connectivity index (χ3n) is 5.14. The highest BCUT2D eigenvalue weighted by molar-refractivity contribution is 9.10. The van der Waals surface area contributed by atoms with Crippen LogP contribution in [0.15, 0.2) is 64.0 Å². The number of sulfonamides is 1. The molecule has 1 aromatic heterocycles. The van der Waals surface area contributed by atoms with Gasteiger partial charge in [-0.15, -0.1) is 0 Å². The van der Waals surface area contributed by atoms with Crippen LogP contribution in [-0.4, -0.2) is 30.8 Å². The molecule has 0 unspecified atom stereocenters. The second-order valence-electron chi connectivity index (χ2n) is 7.27. The van der Waals surface area contributed by atoms with Crippen LogP contribution in [0.3, 0.4) is 0 Å². The maximum absolute atomic E-state index is 13.0. The van der Waals surface area contributed by atoms with Gasteiger partial charge in [0.2, 0.25) is 10.0 Å². The molecule has 2 aromatic carbocycles. The van der Waals surface area contributed by atoms with E-state index in [9.17, 15) is 8.42 Å². The van der Waals surface area contributed by atoms with Crippen molar-refractivity contribution in [3.05, 3.63) is 59.1 Å². The summed E-state index contributed by atoms with van der Waals surface area (Å²) in [6.07, 6.45) is 1.83. The van der Waals surface area contributed by atoms with E-state index in [0.717, 1.165) is 33.9 Å². The minimum absolute atomic E-state index is 0.337. The van der Waals surface area contributed by atoms with Gasteiger partial charge in [0.1, 0.15) is 5.82 Å². The fourth-order valence-corrected chi connectivity index (χ4v) is 5.33. The average Bonchev–Trinajstić information content (AvgIpc) is 2.68. The van der Waals surface area contributed by atoms with Gasteiger partial charge in [-0.1, -0.05) is 28.9 Å². The monoisotopic (exact) mass is 459 g/mol. The Hall–Kier alpha value is -1.96. The van der Waals surface area contributed by atoms with Crippen molar-refractivity contribution in [3.8, 4) is 0 Å². The second kappa shape index (κ2) is 7.81. The summed E-state index contributed by atoms with van der Waals surface area (Å²) in [5.74, 6) is 1.30. The first-order valence-corrected chi connectivity index (χ1v) is 11.6. The number of rotatable bonds is 4. The summed E-state index contributed by atoms with van der Waals surface area (Å²) < 4.78 is 28.5. The molecule has 7 heteroatoms. The Morgan fingerprint density at radius 3 is 2.61 bits per heavy atom. The molecule has 0 aliphatic carbocycles. The zero-order valence-corrected chi connectivity index (χ0v) is 18.0. The number of aromatic nitrogens is 1. The fourth-order valence-electron chi connectivity index (χ4n) is 3.42. The van der Waals surface area contributed by atoms with E-state index in [1.165, 1.54) is 0 Å². The van der Waals surface area contributed by atoms with E-state index in [2.05, 4.69) is 33.2 Å². The molecule has 0 saturated carbocycles. The Kier molecular flexibility index (Phi) is 5.40. The highest BCUT2D eigenvalue weighted by Crippen LogP contribution is 2.27. The van der Waals surface area contributed by atoms with Crippen molar-refractivity contribution in [1.82, 2.24) is 9.29 Å². The summed E-state index contributed by atoms with van der Waals surface area (Å²) in [5.41, 5.74) is 1.69. The number of hydrogen-bond acceptors (Lipinski definition) is 4. The molecule has 146 valence electrons. The summed E-state index contributed by atoms with van der Waals surface area (Å²) in [4.78, 5) is 4.95. The number of fused-ring (bicyclic) bond motifs is 1. The predicted molar refractivity (Wildman–Crippen MR) is 116 cm³/mol. The van der Waals surface area contributed by atoms with Crippen molar-refractivity contribution in [2.45, 2.75) is 24.7 Å². The van der Waals surface area contributed by atoms with Crippen molar-refractivity contribution in [3.63, 3.8) is 0 Å². The van der Waals surface area contributed by atoms with Crippen molar-refractivity contribution >= 4 is 48.4 Å². The fraction of sp³-hybridized carbons (Fsp3) is 0.286. The Morgan fingerprint density at radius 1 is 1.07 bits per heavy atom. The first-order chi connectivity index (χ1) is 13.4. The van der Waals surface area contributed by atoms with Crippen LogP contribution >= 0.6 is 15.9 Å². The number of pyridine rings is 1. The molecular weight excluding hydrogens is 438 g/mol. The molecule has 0 radical (unpaired) electrons. The molecule has 28 heavy (non-hydrogen) atoms. The summed E-state index contributed by atoms with van der Waals surface area (Å²) in [6, 6.07) is 16.8. The molecule has 0 bridgehead atoms. The molecule has 0 amide bonds. The van der Waals surface area contributed by atoms with Crippen molar-refractivity contribution in [2.24, 2.45) is 5.92 Å².